The van der Waals surface area contributed by atoms with E-state index in [2.05, 4.69) is 30.6 Å². The van der Waals surface area contributed by atoms with E-state index < -0.39 is 0 Å². The van der Waals surface area contributed by atoms with Crippen molar-refractivity contribution in [2.45, 2.75) is 26.1 Å². The second-order valence-corrected chi connectivity index (χ2v) is 3.79. The molecule has 0 aliphatic rings. The van der Waals surface area contributed by atoms with Gasteiger partial charge in [0.1, 0.15) is 0 Å². The molecule has 2 aromatic heterocycles. The van der Waals surface area contributed by atoms with E-state index in [1.807, 2.05) is 32.1 Å². The van der Waals surface area contributed by atoms with Crippen LogP contribution in [-0.2, 0) is 19.6 Å². The molecule has 0 bridgehead atoms. The third-order valence-corrected chi connectivity index (χ3v) is 2.44. The van der Waals surface area contributed by atoms with E-state index in [9.17, 15) is 0 Å². The highest BCUT2D eigenvalue weighted by molar-refractivity contribution is 4.95. The number of imidazole rings is 2. The number of aromatic nitrogens is 4. The fourth-order valence-corrected chi connectivity index (χ4v) is 1.66. The van der Waals surface area contributed by atoms with Crippen molar-refractivity contribution in [2.75, 3.05) is 7.05 Å². The van der Waals surface area contributed by atoms with Gasteiger partial charge in [0.25, 0.3) is 0 Å². The van der Waals surface area contributed by atoms with Crippen LogP contribution < -0.4 is 5.32 Å². The molecule has 0 aliphatic carbocycles. The van der Waals surface area contributed by atoms with E-state index in [1.54, 1.807) is 0 Å². The fourth-order valence-electron chi connectivity index (χ4n) is 1.66. The second-order valence-electron chi connectivity index (χ2n) is 3.79. The van der Waals surface area contributed by atoms with Gasteiger partial charge in [-0.05, 0) is 13.5 Å². The van der Waals surface area contributed by atoms with E-state index in [4.69, 9.17) is 0 Å². The van der Waals surface area contributed by atoms with E-state index in [0.717, 1.165) is 31.7 Å². The number of hydrogen-bond donors (Lipinski definition) is 1. The zero-order valence-corrected chi connectivity index (χ0v) is 9.50. The molecule has 0 amide bonds. The van der Waals surface area contributed by atoms with Gasteiger partial charge in [-0.15, -0.1) is 0 Å². The van der Waals surface area contributed by atoms with Gasteiger partial charge < -0.3 is 14.5 Å². The molecule has 2 aromatic rings. The van der Waals surface area contributed by atoms with Gasteiger partial charge in [0.2, 0.25) is 0 Å². The third kappa shape index (κ3) is 2.93. The minimum atomic E-state index is 0.828. The van der Waals surface area contributed by atoms with E-state index >= 15 is 0 Å². The lowest BCUT2D eigenvalue weighted by Gasteiger charge is -2.02. The highest BCUT2D eigenvalue weighted by Gasteiger charge is 1.97. The van der Waals surface area contributed by atoms with Gasteiger partial charge in [-0.2, -0.15) is 0 Å². The van der Waals surface area contributed by atoms with Crippen LogP contribution in [0.2, 0.25) is 0 Å². The average Bonchev–Trinajstić information content (AvgIpc) is 2.90. The zero-order valence-electron chi connectivity index (χ0n) is 9.50. The van der Waals surface area contributed by atoms with Crippen LogP contribution in [0, 0.1) is 0 Å². The summed E-state index contributed by atoms with van der Waals surface area (Å²) >= 11 is 0. The van der Waals surface area contributed by atoms with Gasteiger partial charge in [-0.25, -0.2) is 9.97 Å². The summed E-state index contributed by atoms with van der Waals surface area (Å²) in [5.41, 5.74) is 1.09. The minimum absolute atomic E-state index is 0.828. The fraction of sp³-hybridized carbons (Fsp3) is 0.455. The Balaban J connectivity index is 1.76. The van der Waals surface area contributed by atoms with Crippen LogP contribution in [0.25, 0.3) is 0 Å². The Labute approximate surface area is 95.1 Å². The molecule has 0 saturated carbocycles. The third-order valence-electron chi connectivity index (χ3n) is 2.44. The minimum Gasteiger partial charge on any atom is -0.337 e. The standard InChI is InChI=1S/C11H17N5/c1-12-7-11-8-16(10-14-11)5-2-4-15-6-3-13-9-15/h3,6,8-10,12H,2,4-5,7H2,1H3. The van der Waals surface area contributed by atoms with Crippen LogP contribution in [0.1, 0.15) is 12.1 Å². The maximum atomic E-state index is 4.30. The number of hydrogen-bond acceptors (Lipinski definition) is 3. The Hall–Kier alpha value is -1.62. The Morgan fingerprint density at radius 3 is 2.88 bits per heavy atom. The maximum Gasteiger partial charge on any atom is 0.0949 e. The molecular weight excluding hydrogens is 202 g/mol. The first-order chi connectivity index (χ1) is 7.88. The zero-order chi connectivity index (χ0) is 11.2. The predicted octanol–water partition coefficient (Wildman–Crippen LogP) is 0.889. The highest BCUT2D eigenvalue weighted by Crippen LogP contribution is 1.99. The molecular formula is C11H17N5. The topological polar surface area (TPSA) is 47.7 Å². The Morgan fingerprint density at radius 2 is 2.12 bits per heavy atom. The summed E-state index contributed by atoms with van der Waals surface area (Å²) in [7, 11) is 1.93. The Morgan fingerprint density at radius 1 is 1.25 bits per heavy atom. The molecule has 5 heteroatoms. The first kappa shape index (κ1) is 10.9. The number of nitrogens with zero attached hydrogens (tertiary/aromatic N) is 4. The van der Waals surface area contributed by atoms with Gasteiger partial charge in [-0.1, -0.05) is 0 Å². The van der Waals surface area contributed by atoms with Crippen molar-refractivity contribution in [3.05, 3.63) is 36.9 Å². The summed E-state index contributed by atoms with van der Waals surface area (Å²) in [5.74, 6) is 0. The molecule has 0 aliphatic heterocycles. The van der Waals surface area contributed by atoms with Crippen molar-refractivity contribution in [1.82, 2.24) is 24.4 Å². The normalized spacial score (nSPS) is 10.8. The molecule has 5 nitrogen and oxygen atoms in total. The molecule has 0 unspecified atom stereocenters. The molecule has 0 spiro atoms. The molecule has 0 radical (unpaired) electrons. The second kappa shape index (κ2) is 5.46. The first-order valence-electron chi connectivity index (χ1n) is 5.49. The van der Waals surface area contributed by atoms with E-state index in [0.29, 0.717) is 0 Å². The summed E-state index contributed by atoms with van der Waals surface area (Å²) in [6.45, 7) is 2.82. The van der Waals surface area contributed by atoms with Crippen molar-refractivity contribution >= 4 is 0 Å². The number of nitrogens with one attached hydrogen (secondary N) is 1. The molecule has 0 fully saturated rings. The molecule has 0 aromatic carbocycles. The quantitative estimate of drug-likeness (QED) is 0.785. The van der Waals surface area contributed by atoms with Crippen LogP contribution >= 0.6 is 0 Å². The SMILES string of the molecule is CNCc1cn(CCCn2ccnc2)cn1. The number of aryl methyl sites for hydroxylation is 2. The van der Waals surface area contributed by atoms with Crippen molar-refractivity contribution in [1.29, 1.82) is 0 Å². The van der Waals surface area contributed by atoms with E-state index in [-0.39, 0.29) is 0 Å². The molecule has 2 heterocycles. The Kier molecular flexibility index (Phi) is 3.71. The Bertz CT molecular complexity index is 404. The summed E-state index contributed by atoms with van der Waals surface area (Å²) in [5, 5.41) is 3.09. The molecule has 0 atom stereocenters. The van der Waals surface area contributed by atoms with Crippen LogP contribution in [0.4, 0.5) is 0 Å². The first-order valence-corrected chi connectivity index (χ1v) is 5.49. The summed E-state index contributed by atoms with van der Waals surface area (Å²) < 4.78 is 4.22. The van der Waals surface area contributed by atoms with Gasteiger partial charge in [0.15, 0.2) is 0 Å². The molecule has 2 rings (SSSR count). The monoisotopic (exact) mass is 219 g/mol. The van der Waals surface area contributed by atoms with Crippen LogP contribution in [-0.4, -0.2) is 26.1 Å². The van der Waals surface area contributed by atoms with Crippen molar-refractivity contribution in [2.24, 2.45) is 0 Å². The van der Waals surface area contributed by atoms with E-state index in [1.165, 1.54) is 0 Å². The maximum absolute atomic E-state index is 4.30. The summed E-state index contributed by atoms with van der Waals surface area (Å²) in [6, 6.07) is 0. The van der Waals surface area contributed by atoms with Crippen LogP contribution in [0.3, 0.4) is 0 Å². The summed E-state index contributed by atoms with van der Waals surface area (Å²) in [6.07, 6.45) is 10.7. The lowest BCUT2D eigenvalue weighted by Crippen LogP contribution is -2.05. The lowest BCUT2D eigenvalue weighted by atomic mass is 10.4. The van der Waals surface area contributed by atoms with Crippen molar-refractivity contribution in [3.8, 4) is 0 Å². The van der Waals surface area contributed by atoms with Gasteiger partial charge in [0.05, 0.1) is 18.3 Å². The van der Waals surface area contributed by atoms with Crippen LogP contribution in [0.5, 0.6) is 0 Å². The average molecular weight is 219 g/mol. The molecule has 86 valence electrons. The largest absolute Gasteiger partial charge is 0.337 e. The molecule has 0 saturated heterocycles. The van der Waals surface area contributed by atoms with Crippen molar-refractivity contribution in [3.63, 3.8) is 0 Å². The van der Waals surface area contributed by atoms with Crippen molar-refractivity contribution < 1.29 is 0 Å². The highest BCUT2D eigenvalue weighted by atomic mass is 15.1. The molecule has 16 heavy (non-hydrogen) atoms. The smallest absolute Gasteiger partial charge is 0.0949 e. The lowest BCUT2D eigenvalue weighted by molar-refractivity contribution is 0.562. The number of rotatable bonds is 6. The van der Waals surface area contributed by atoms with Crippen LogP contribution in [0.15, 0.2) is 31.2 Å². The van der Waals surface area contributed by atoms with Gasteiger partial charge >= 0.3 is 0 Å². The summed E-state index contributed by atoms with van der Waals surface area (Å²) in [4.78, 5) is 8.31. The van der Waals surface area contributed by atoms with Gasteiger partial charge in [0, 0.05) is 38.2 Å². The van der Waals surface area contributed by atoms with Gasteiger partial charge in [-0.3, -0.25) is 0 Å². The predicted molar refractivity (Wildman–Crippen MR) is 61.8 cm³/mol. The molecule has 1 N–H and O–H groups in total.